The number of hydrogen-bond acceptors (Lipinski definition) is 2. The van der Waals surface area contributed by atoms with E-state index in [0.29, 0.717) is 0 Å². The molecular formula is C64H56N2. The van der Waals surface area contributed by atoms with Gasteiger partial charge in [0.05, 0.1) is 0 Å². The molecule has 9 aromatic rings. The van der Waals surface area contributed by atoms with Crippen LogP contribution in [0.1, 0.15) is 72.2 Å². The summed E-state index contributed by atoms with van der Waals surface area (Å²) in [6, 6.07) is 72.8. The van der Waals surface area contributed by atoms with Crippen molar-refractivity contribution in [2.75, 3.05) is 9.80 Å². The minimum absolute atomic E-state index is 0.0957. The van der Waals surface area contributed by atoms with Gasteiger partial charge in [0, 0.05) is 45.0 Å². The van der Waals surface area contributed by atoms with Crippen LogP contribution in [-0.2, 0) is 10.8 Å². The molecule has 11 rings (SSSR count). The molecule has 2 heteroatoms. The van der Waals surface area contributed by atoms with Gasteiger partial charge in [-0.2, -0.15) is 0 Å². The van der Waals surface area contributed by atoms with Crippen molar-refractivity contribution in [3.63, 3.8) is 0 Å². The molecule has 0 spiro atoms. The lowest BCUT2D eigenvalue weighted by Crippen LogP contribution is -2.17. The minimum atomic E-state index is -0.240. The molecule has 0 amide bonds. The summed E-state index contributed by atoms with van der Waals surface area (Å²) in [4.78, 5) is 4.72. The average molecular weight is 853 g/mol. The van der Waals surface area contributed by atoms with E-state index in [1.54, 1.807) is 0 Å². The Labute approximate surface area is 391 Å². The predicted octanol–water partition coefficient (Wildman–Crippen LogP) is 17.8. The highest BCUT2D eigenvalue weighted by Crippen LogP contribution is 2.58. The van der Waals surface area contributed by atoms with Gasteiger partial charge in [0.2, 0.25) is 0 Å². The van der Waals surface area contributed by atoms with Crippen LogP contribution < -0.4 is 9.80 Å². The van der Waals surface area contributed by atoms with Crippen molar-refractivity contribution in [1.82, 2.24) is 0 Å². The van der Waals surface area contributed by atoms with E-state index >= 15 is 0 Å². The van der Waals surface area contributed by atoms with Crippen molar-refractivity contribution in [2.24, 2.45) is 0 Å². The fourth-order valence-electron chi connectivity index (χ4n) is 10.8. The number of anilines is 6. The summed E-state index contributed by atoms with van der Waals surface area (Å²) in [5, 5.41) is 0. The molecule has 0 aliphatic heterocycles. The predicted molar refractivity (Wildman–Crippen MR) is 281 cm³/mol. The van der Waals surface area contributed by atoms with E-state index in [2.05, 4.69) is 259 Å². The lowest BCUT2D eigenvalue weighted by molar-refractivity contribution is 0.653. The monoisotopic (exact) mass is 852 g/mol. The fourth-order valence-corrected chi connectivity index (χ4v) is 10.8. The number of fused-ring (bicyclic) bond motifs is 6. The fraction of sp³-hybridized carbons (Fsp3) is 0.156. The molecule has 0 unspecified atom stereocenters. The van der Waals surface area contributed by atoms with Crippen LogP contribution in [0.25, 0.3) is 44.5 Å². The van der Waals surface area contributed by atoms with Gasteiger partial charge < -0.3 is 9.80 Å². The van der Waals surface area contributed by atoms with Gasteiger partial charge in [0.15, 0.2) is 0 Å². The van der Waals surface area contributed by atoms with Gasteiger partial charge in [-0.05, 0) is 192 Å². The summed E-state index contributed by atoms with van der Waals surface area (Å²) in [7, 11) is 0. The summed E-state index contributed by atoms with van der Waals surface area (Å²) in [6.45, 7) is 18.2. The zero-order valence-corrected chi connectivity index (χ0v) is 39.4. The maximum absolute atomic E-state index is 2.54. The summed E-state index contributed by atoms with van der Waals surface area (Å²) < 4.78 is 0. The first-order chi connectivity index (χ1) is 31.8. The Kier molecular flexibility index (Phi) is 9.78. The molecule has 322 valence electrons. The van der Waals surface area contributed by atoms with Gasteiger partial charge >= 0.3 is 0 Å². The molecule has 0 saturated heterocycles. The number of aryl methyl sites for hydroxylation is 4. The Hall–Kier alpha value is -7.42. The Morgan fingerprint density at radius 2 is 0.621 bits per heavy atom. The third-order valence-electron chi connectivity index (χ3n) is 14.5. The van der Waals surface area contributed by atoms with Crippen molar-refractivity contribution in [1.29, 1.82) is 0 Å². The molecule has 0 saturated carbocycles. The van der Waals surface area contributed by atoms with Crippen molar-refractivity contribution >= 4 is 34.1 Å². The molecule has 2 aliphatic rings. The molecular weight excluding hydrogens is 797 g/mol. The molecule has 0 bridgehead atoms. The van der Waals surface area contributed by atoms with Gasteiger partial charge in [-0.3, -0.25) is 0 Å². The molecule has 66 heavy (non-hydrogen) atoms. The van der Waals surface area contributed by atoms with E-state index in [1.165, 1.54) is 89.0 Å². The van der Waals surface area contributed by atoms with Crippen LogP contribution in [-0.4, -0.2) is 0 Å². The summed E-state index contributed by atoms with van der Waals surface area (Å²) >= 11 is 0. The lowest BCUT2D eigenvalue weighted by atomic mass is 9.77. The first kappa shape index (κ1) is 41.3. The van der Waals surface area contributed by atoms with Crippen LogP contribution in [0, 0.1) is 27.7 Å². The van der Waals surface area contributed by atoms with E-state index < -0.39 is 0 Å². The van der Waals surface area contributed by atoms with Crippen molar-refractivity contribution in [3.05, 3.63) is 239 Å². The van der Waals surface area contributed by atoms with Crippen LogP contribution in [0.15, 0.2) is 194 Å². The highest BCUT2D eigenvalue weighted by Gasteiger charge is 2.43. The zero-order chi connectivity index (χ0) is 45.5. The van der Waals surface area contributed by atoms with E-state index in [-0.39, 0.29) is 10.8 Å². The largest absolute Gasteiger partial charge is 0.311 e. The van der Waals surface area contributed by atoms with Crippen LogP contribution >= 0.6 is 0 Å². The molecule has 0 aromatic heterocycles. The van der Waals surface area contributed by atoms with Crippen LogP contribution in [0.4, 0.5) is 34.1 Å². The highest BCUT2D eigenvalue weighted by molar-refractivity contribution is 5.96. The zero-order valence-electron chi connectivity index (χ0n) is 39.4. The number of benzene rings is 9. The average Bonchev–Trinajstić information content (AvgIpc) is 3.70. The normalized spacial score (nSPS) is 13.7. The van der Waals surface area contributed by atoms with E-state index in [1.807, 2.05) is 0 Å². The van der Waals surface area contributed by atoms with Crippen LogP contribution in [0.3, 0.4) is 0 Å². The first-order valence-corrected chi connectivity index (χ1v) is 23.4. The Bertz CT molecular complexity index is 3190. The standard InChI is InChI=1S/C64H56N2/c1-41-13-25-48(26-14-41)65(49-27-15-42(2)16-28-49)52-33-21-45(22-34-52)47-37-55(46-23-35-53(36-24-46)66(50-29-17-43(3)18-30-50)51-31-19-44(4)20-32-51)62-58(38-47)57-40-60-56(39-61(57)64(62,7)8)54-11-9-10-12-59(54)63(60,5)6/h9-40H,1-8H3. The number of nitrogens with zero attached hydrogens (tertiary/aromatic N) is 2. The van der Waals surface area contributed by atoms with E-state index in [0.717, 1.165) is 34.1 Å². The minimum Gasteiger partial charge on any atom is -0.311 e. The Morgan fingerprint density at radius 1 is 0.273 bits per heavy atom. The summed E-state index contributed by atoms with van der Waals surface area (Å²) in [5.41, 5.74) is 27.4. The number of rotatable bonds is 8. The maximum Gasteiger partial charge on any atom is 0.0462 e. The molecule has 0 N–H and O–H groups in total. The van der Waals surface area contributed by atoms with Gasteiger partial charge in [0.25, 0.3) is 0 Å². The van der Waals surface area contributed by atoms with Crippen molar-refractivity contribution in [2.45, 2.75) is 66.2 Å². The summed E-state index contributed by atoms with van der Waals surface area (Å²) in [5.74, 6) is 0. The molecule has 2 nitrogen and oxygen atoms in total. The van der Waals surface area contributed by atoms with Gasteiger partial charge in [-0.15, -0.1) is 0 Å². The smallest absolute Gasteiger partial charge is 0.0462 e. The van der Waals surface area contributed by atoms with Crippen molar-refractivity contribution in [3.8, 4) is 44.5 Å². The van der Waals surface area contributed by atoms with Crippen LogP contribution in [0.5, 0.6) is 0 Å². The van der Waals surface area contributed by atoms with E-state index in [4.69, 9.17) is 0 Å². The first-order valence-electron chi connectivity index (χ1n) is 23.4. The maximum atomic E-state index is 2.54. The topological polar surface area (TPSA) is 6.48 Å². The summed E-state index contributed by atoms with van der Waals surface area (Å²) in [6.07, 6.45) is 0. The Balaban J connectivity index is 1.07. The molecule has 0 fully saturated rings. The second-order valence-corrected chi connectivity index (χ2v) is 19.8. The van der Waals surface area contributed by atoms with E-state index in [9.17, 15) is 0 Å². The van der Waals surface area contributed by atoms with Gasteiger partial charge in [-0.25, -0.2) is 0 Å². The molecule has 9 aromatic carbocycles. The van der Waals surface area contributed by atoms with Crippen LogP contribution in [0.2, 0.25) is 0 Å². The quantitative estimate of drug-likeness (QED) is 0.150. The molecule has 0 heterocycles. The second-order valence-electron chi connectivity index (χ2n) is 19.8. The highest BCUT2D eigenvalue weighted by atomic mass is 15.1. The third-order valence-corrected chi connectivity index (χ3v) is 14.5. The number of hydrogen-bond donors (Lipinski definition) is 0. The van der Waals surface area contributed by atoms with Crippen molar-refractivity contribution < 1.29 is 0 Å². The SMILES string of the molecule is Cc1ccc(N(c2ccc(C)cc2)c2ccc(-c3cc(-c4ccc(N(c5ccc(C)cc5)c5ccc(C)cc5)cc4)c4c(c3)-c3cc5c(cc3C4(C)C)-c3ccccc3C5(C)C)cc2)cc1. The molecule has 2 aliphatic carbocycles. The van der Waals surface area contributed by atoms with Gasteiger partial charge in [-0.1, -0.05) is 147 Å². The lowest BCUT2D eigenvalue weighted by Gasteiger charge is -2.27. The third kappa shape index (κ3) is 6.86. The molecule has 0 atom stereocenters. The molecule has 0 radical (unpaired) electrons. The Morgan fingerprint density at radius 3 is 1.06 bits per heavy atom. The van der Waals surface area contributed by atoms with Gasteiger partial charge in [0.1, 0.15) is 0 Å². The second kappa shape index (κ2) is 15.6.